The molecule has 0 aliphatic heterocycles. The summed E-state index contributed by atoms with van der Waals surface area (Å²) in [7, 11) is 0. The SMILES string of the molecule is Cc1oc(-c2ccccc2)nc1COc1cccc(CCl)n1. The standard InChI is InChI=1S/C17H15ClN2O2/c1-12-15(11-21-16-9-5-8-14(10-18)19-16)20-17(22-12)13-6-3-2-4-7-13/h2-9H,10-11H2,1H3. The van der Waals surface area contributed by atoms with Gasteiger partial charge >= 0.3 is 0 Å². The van der Waals surface area contributed by atoms with Gasteiger partial charge < -0.3 is 9.15 Å². The van der Waals surface area contributed by atoms with E-state index in [4.69, 9.17) is 20.8 Å². The third-order valence-electron chi connectivity index (χ3n) is 3.19. The van der Waals surface area contributed by atoms with Gasteiger partial charge in [0.05, 0.1) is 11.6 Å². The van der Waals surface area contributed by atoms with E-state index in [1.807, 2.05) is 49.4 Å². The molecule has 0 bridgehead atoms. The van der Waals surface area contributed by atoms with Crippen LogP contribution in [0.25, 0.3) is 11.5 Å². The highest BCUT2D eigenvalue weighted by molar-refractivity contribution is 6.16. The van der Waals surface area contributed by atoms with E-state index in [0.29, 0.717) is 24.3 Å². The van der Waals surface area contributed by atoms with Crippen molar-refractivity contribution in [1.82, 2.24) is 9.97 Å². The fourth-order valence-corrected chi connectivity index (χ4v) is 2.17. The van der Waals surface area contributed by atoms with E-state index in [-0.39, 0.29) is 0 Å². The van der Waals surface area contributed by atoms with Crippen LogP contribution in [0.1, 0.15) is 17.1 Å². The van der Waals surface area contributed by atoms with Crippen molar-refractivity contribution < 1.29 is 9.15 Å². The number of aromatic nitrogens is 2. The quantitative estimate of drug-likeness (QED) is 0.656. The highest BCUT2D eigenvalue weighted by atomic mass is 35.5. The van der Waals surface area contributed by atoms with Crippen LogP contribution in [-0.4, -0.2) is 9.97 Å². The molecule has 0 aliphatic carbocycles. The van der Waals surface area contributed by atoms with E-state index in [1.54, 1.807) is 6.07 Å². The molecule has 0 N–H and O–H groups in total. The van der Waals surface area contributed by atoms with E-state index in [2.05, 4.69) is 9.97 Å². The zero-order valence-corrected chi connectivity index (χ0v) is 12.9. The fourth-order valence-electron chi connectivity index (χ4n) is 2.02. The van der Waals surface area contributed by atoms with Gasteiger partial charge in [-0.25, -0.2) is 9.97 Å². The number of ether oxygens (including phenoxy) is 1. The molecule has 112 valence electrons. The Labute approximate surface area is 133 Å². The second-order valence-corrected chi connectivity index (χ2v) is 5.04. The van der Waals surface area contributed by atoms with Crippen LogP contribution < -0.4 is 4.74 Å². The predicted octanol–water partition coefficient (Wildman–Crippen LogP) is 4.36. The molecule has 0 saturated carbocycles. The van der Waals surface area contributed by atoms with Gasteiger partial charge in [0.15, 0.2) is 0 Å². The predicted molar refractivity (Wildman–Crippen MR) is 84.8 cm³/mol. The van der Waals surface area contributed by atoms with Gasteiger partial charge in [-0.15, -0.1) is 11.6 Å². The smallest absolute Gasteiger partial charge is 0.226 e. The highest BCUT2D eigenvalue weighted by Crippen LogP contribution is 2.22. The summed E-state index contributed by atoms with van der Waals surface area (Å²) in [5.41, 5.74) is 2.48. The molecule has 1 aromatic carbocycles. The third-order valence-corrected chi connectivity index (χ3v) is 3.46. The first-order chi connectivity index (χ1) is 10.8. The van der Waals surface area contributed by atoms with Crippen molar-refractivity contribution in [2.24, 2.45) is 0 Å². The van der Waals surface area contributed by atoms with E-state index < -0.39 is 0 Å². The zero-order chi connectivity index (χ0) is 15.4. The Balaban J connectivity index is 1.74. The molecule has 0 fully saturated rings. The molecular weight excluding hydrogens is 300 g/mol. The van der Waals surface area contributed by atoms with Crippen LogP contribution in [0.3, 0.4) is 0 Å². The van der Waals surface area contributed by atoms with Gasteiger partial charge in [0.2, 0.25) is 11.8 Å². The Morgan fingerprint density at radius 2 is 1.86 bits per heavy atom. The number of hydrogen-bond acceptors (Lipinski definition) is 4. The van der Waals surface area contributed by atoms with Gasteiger partial charge in [-0.3, -0.25) is 0 Å². The Morgan fingerprint density at radius 1 is 1.05 bits per heavy atom. The second kappa shape index (κ2) is 6.62. The maximum absolute atomic E-state index is 5.77. The van der Waals surface area contributed by atoms with Crippen molar-refractivity contribution in [2.75, 3.05) is 0 Å². The van der Waals surface area contributed by atoms with Crippen LogP contribution in [0.15, 0.2) is 52.9 Å². The van der Waals surface area contributed by atoms with Crippen molar-refractivity contribution in [2.45, 2.75) is 19.4 Å². The van der Waals surface area contributed by atoms with Crippen molar-refractivity contribution in [3.63, 3.8) is 0 Å². The van der Waals surface area contributed by atoms with Gasteiger partial charge in [-0.05, 0) is 25.1 Å². The van der Waals surface area contributed by atoms with Gasteiger partial charge in [-0.1, -0.05) is 24.3 Å². The molecule has 0 saturated heterocycles. The lowest BCUT2D eigenvalue weighted by atomic mass is 10.2. The normalized spacial score (nSPS) is 10.6. The number of nitrogens with zero attached hydrogens (tertiary/aromatic N) is 2. The van der Waals surface area contributed by atoms with E-state index in [0.717, 1.165) is 22.7 Å². The lowest BCUT2D eigenvalue weighted by Gasteiger charge is -2.04. The van der Waals surface area contributed by atoms with Gasteiger partial charge in [0.1, 0.15) is 18.1 Å². The molecule has 3 aromatic rings. The Hall–Kier alpha value is -2.33. The number of pyridine rings is 1. The summed E-state index contributed by atoms with van der Waals surface area (Å²) in [4.78, 5) is 8.78. The molecule has 2 aromatic heterocycles. The molecule has 0 unspecified atom stereocenters. The summed E-state index contributed by atoms with van der Waals surface area (Å²) >= 11 is 5.77. The first-order valence-electron chi connectivity index (χ1n) is 6.92. The van der Waals surface area contributed by atoms with Crippen LogP contribution in [0.5, 0.6) is 5.88 Å². The van der Waals surface area contributed by atoms with Crippen molar-refractivity contribution in [3.8, 4) is 17.3 Å². The van der Waals surface area contributed by atoms with Gasteiger partial charge in [-0.2, -0.15) is 0 Å². The van der Waals surface area contributed by atoms with E-state index in [9.17, 15) is 0 Å². The molecule has 2 heterocycles. The number of rotatable bonds is 5. The largest absolute Gasteiger partial charge is 0.471 e. The maximum Gasteiger partial charge on any atom is 0.226 e. The summed E-state index contributed by atoms with van der Waals surface area (Å²) in [6.45, 7) is 2.18. The molecular formula is C17H15ClN2O2. The van der Waals surface area contributed by atoms with E-state index >= 15 is 0 Å². The van der Waals surface area contributed by atoms with E-state index in [1.165, 1.54) is 0 Å². The number of benzene rings is 1. The van der Waals surface area contributed by atoms with Crippen molar-refractivity contribution in [1.29, 1.82) is 0 Å². The zero-order valence-electron chi connectivity index (χ0n) is 12.1. The van der Waals surface area contributed by atoms with Crippen LogP contribution in [0.4, 0.5) is 0 Å². The lowest BCUT2D eigenvalue weighted by molar-refractivity contribution is 0.287. The molecule has 0 aliphatic rings. The summed E-state index contributed by atoms with van der Waals surface area (Å²) < 4.78 is 11.4. The number of hydrogen-bond donors (Lipinski definition) is 0. The minimum atomic E-state index is 0.306. The van der Waals surface area contributed by atoms with Crippen molar-refractivity contribution in [3.05, 3.63) is 65.7 Å². The molecule has 0 radical (unpaired) electrons. The Kier molecular flexibility index (Phi) is 4.39. The van der Waals surface area contributed by atoms with Gasteiger partial charge in [0.25, 0.3) is 0 Å². The van der Waals surface area contributed by atoms with Crippen LogP contribution in [0, 0.1) is 6.92 Å². The van der Waals surface area contributed by atoms with Crippen LogP contribution in [0.2, 0.25) is 0 Å². The number of alkyl halides is 1. The van der Waals surface area contributed by atoms with Gasteiger partial charge in [0, 0.05) is 11.6 Å². The molecule has 0 spiro atoms. The third kappa shape index (κ3) is 3.28. The minimum absolute atomic E-state index is 0.306. The number of halogens is 1. The topological polar surface area (TPSA) is 48.2 Å². The molecule has 0 amide bonds. The number of oxazole rings is 1. The minimum Gasteiger partial charge on any atom is -0.471 e. The molecule has 4 nitrogen and oxygen atoms in total. The first-order valence-corrected chi connectivity index (χ1v) is 7.46. The molecule has 22 heavy (non-hydrogen) atoms. The Bertz CT molecular complexity index is 756. The van der Waals surface area contributed by atoms with Crippen LogP contribution in [-0.2, 0) is 12.5 Å². The average molecular weight is 315 g/mol. The molecule has 3 rings (SSSR count). The summed E-state index contributed by atoms with van der Waals surface area (Å²) in [6, 6.07) is 15.3. The maximum atomic E-state index is 5.77. The number of aryl methyl sites for hydroxylation is 1. The van der Waals surface area contributed by atoms with Crippen molar-refractivity contribution >= 4 is 11.6 Å². The summed E-state index contributed by atoms with van der Waals surface area (Å²) in [6.07, 6.45) is 0. The lowest BCUT2D eigenvalue weighted by Crippen LogP contribution is -2.00. The molecule has 5 heteroatoms. The molecule has 0 atom stereocenters. The Morgan fingerprint density at radius 3 is 2.64 bits per heavy atom. The highest BCUT2D eigenvalue weighted by Gasteiger charge is 2.12. The summed E-state index contributed by atoms with van der Waals surface area (Å²) in [5.74, 6) is 2.23. The second-order valence-electron chi connectivity index (χ2n) is 4.78. The average Bonchev–Trinajstić information content (AvgIpc) is 2.95. The first kappa shape index (κ1) is 14.6. The summed E-state index contributed by atoms with van der Waals surface area (Å²) in [5, 5.41) is 0. The monoisotopic (exact) mass is 314 g/mol. The fraction of sp³-hybridized carbons (Fsp3) is 0.176. The van der Waals surface area contributed by atoms with Crippen LogP contribution >= 0.6 is 11.6 Å².